The molecule has 76 valence electrons. The number of nitriles is 1. The minimum atomic E-state index is -1.65. The minimum absolute atomic E-state index is 0.349. The van der Waals surface area contributed by atoms with Gasteiger partial charge in [-0.15, -0.1) is 0 Å². The Balaban J connectivity index is 5.03. The topological polar surface area (TPSA) is 79.5 Å². The SMILES string of the molecule is CON=CC(=O)C(C#N)(C=O)C(C)C. The molecule has 0 aliphatic carbocycles. The maximum absolute atomic E-state index is 11.4. The van der Waals surface area contributed by atoms with Crippen LogP contribution < -0.4 is 0 Å². The molecule has 0 aromatic carbocycles. The molecule has 0 aromatic rings. The second-order valence-corrected chi connectivity index (χ2v) is 3.03. The van der Waals surface area contributed by atoms with E-state index in [-0.39, 0.29) is 0 Å². The van der Waals surface area contributed by atoms with Crippen LogP contribution in [-0.4, -0.2) is 25.4 Å². The van der Waals surface area contributed by atoms with Crippen LogP contribution in [0.5, 0.6) is 0 Å². The lowest BCUT2D eigenvalue weighted by molar-refractivity contribution is -0.128. The third-order valence-corrected chi connectivity index (χ3v) is 1.96. The predicted molar refractivity (Wildman–Crippen MR) is 49.5 cm³/mol. The minimum Gasteiger partial charge on any atom is -0.399 e. The van der Waals surface area contributed by atoms with Gasteiger partial charge in [-0.2, -0.15) is 5.26 Å². The van der Waals surface area contributed by atoms with E-state index in [9.17, 15) is 9.59 Å². The zero-order chi connectivity index (χ0) is 11.2. The van der Waals surface area contributed by atoms with Gasteiger partial charge in [-0.05, 0) is 5.92 Å². The maximum Gasteiger partial charge on any atom is 0.204 e. The molecule has 0 aliphatic heterocycles. The van der Waals surface area contributed by atoms with Gasteiger partial charge < -0.3 is 9.63 Å². The van der Waals surface area contributed by atoms with Crippen molar-refractivity contribution < 1.29 is 14.4 Å². The summed E-state index contributed by atoms with van der Waals surface area (Å²) in [6, 6.07) is 1.71. The molecule has 5 nitrogen and oxygen atoms in total. The molecule has 0 spiro atoms. The molecule has 0 amide bonds. The second-order valence-electron chi connectivity index (χ2n) is 3.03. The van der Waals surface area contributed by atoms with Gasteiger partial charge in [-0.1, -0.05) is 19.0 Å². The Morgan fingerprint density at radius 3 is 2.50 bits per heavy atom. The molecule has 14 heavy (non-hydrogen) atoms. The van der Waals surface area contributed by atoms with E-state index in [0.717, 1.165) is 6.21 Å². The van der Waals surface area contributed by atoms with Gasteiger partial charge in [0.2, 0.25) is 5.78 Å². The Bertz CT molecular complexity index is 291. The molecule has 1 atom stereocenters. The monoisotopic (exact) mass is 196 g/mol. The Morgan fingerprint density at radius 1 is 1.64 bits per heavy atom. The first-order chi connectivity index (χ1) is 6.55. The van der Waals surface area contributed by atoms with Crippen LogP contribution in [0, 0.1) is 22.7 Å². The first-order valence-corrected chi connectivity index (χ1v) is 4.03. The summed E-state index contributed by atoms with van der Waals surface area (Å²) in [7, 11) is 1.27. The summed E-state index contributed by atoms with van der Waals surface area (Å²) in [6.07, 6.45) is 1.19. The maximum atomic E-state index is 11.4. The molecule has 0 N–H and O–H groups in total. The quantitative estimate of drug-likeness (QED) is 0.278. The number of oxime groups is 1. The molecule has 1 unspecified atom stereocenters. The number of hydrogen-bond acceptors (Lipinski definition) is 5. The summed E-state index contributed by atoms with van der Waals surface area (Å²) in [5.74, 6) is -1.06. The smallest absolute Gasteiger partial charge is 0.204 e. The largest absolute Gasteiger partial charge is 0.399 e. The Hall–Kier alpha value is -1.70. The summed E-state index contributed by atoms with van der Waals surface area (Å²) in [5, 5.41) is 12.0. The lowest BCUT2D eigenvalue weighted by atomic mass is 9.76. The van der Waals surface area contributed by atoms with Crippen molar-refractivity contribution in [1.82, 2.24) is 0 Å². The van der Waals surface area contributed by atoms with E-state index in [1.807, 2.05) is 0 Å². The van der Waals surface area contributed by atoms with Crippen LogP contribution in [0.3, 0.4) is 0 Å². The van der Waals surface area contributed by atoms with Crippen molar-refractivity contribution in [2.75, 3.05) is 7.11 Å². The summed E-state index contributed by atoms with van der Waals surface area (Å²) in [4.78, 5) is 26.5. The molecule has 0 saturated heterocycles. The van der Waals surface area contributed by atoms with Crippen LogP contribution in [0.15, 0.2) is 5.16 Å². The van der Waals surface area contributed by atoms with Gasteiger partial charge in [-0.25, -0.2) is 0 Å². The number of Topliss-reactive ketones (excluding diaryl/α,β-unsaturated/α-hetero) is 1. The molecule has 0 bridgehead atoms. The number of ketones is 1. The van der Waals surface area contributed by atoms with E-state index in [2.05, 4.69) is 9.99 Å². The number of rotatable bonds is 5. The van der Waals surface area contributed by atoms with Crippen molar-refractivity contribution in [3.05, 3.63) is 0 Å². The number of aldehydes is 1. The molecule has 0 rings (SSSR count). The highest BCUT2D eigenvalue weighted by Gasteiger charge is 2.41. The first kappa shape index (κ1) is 12.3. The lowest BCUT2D eigenvalue weighted by Gasteiger charge is -2.19. The summed E-state index contributed by atoms with van der Waals surface area (Å²) >= 11 is 0. The molecular weight excluding hydrogens is 184 g/mol. The highest BCUT2D eigenvalue weighted by molar-refractivity contribution is 6.34. The number of carbonyl (C=O) groups is 2. The van der Waals surface area contributed by atoms with Gasteiger partial charge in [0.25, 0.3) is 0 Å². The molecule has 0 saturated carbocycles. The van der Waals surface area contributed by atoms with Crippen molar-refractivity contribution in [3.63, 3.8) is 0 Å². The molecular formula is C9H12N2O3. The molecule has 5 heteroatoms. The lowest BCUT2D eigenvalue weighted by Crippen LogP contribution is -2.37. The van der Waals surface area contributed by atoms with E-state index >= 15 is 0 Å². The Kier molecular flexibility index (Phi) is 4.50. The highest BCUT2D eigenvalue weighted by atomic mass is 16.6. The van der Waals surface area contributed by atoms with Gasteiger partial charge >= 0.3 is 0 Å². The third kappa shape index (κ3) is 2.16. The molecule has 0 aliphatic rings. The summed E-state index contributed by atoms with van der Waals surface area (Å²) < 4.78 is 0. The van der Waals surface area contributed by atoms with Gasteiger partial charge in [0.05, 0.1) is 6.07 Å². The van der Waals surface area contributed by atoms with Crippen molar-refractivity contribution in [3.8, 4) is 6.07 Å². The fraction of sp³-hybridized carbons (Fsp3) is 0.556. The van der Waals surface area contributed by atoms with Crippen LogP contribution in [-0.2, 0) is 14.4 Å². The number of hydrogen-bond donors (Lipinski definition) is 0. The van der Waals surface area contributed by atoms with Gasteiger partial charge in [0.1, 0.15) is 19.6 Å². The van der Waals surface area contributed by atoms with Crippen LogP contribution in [0.25, 0.3) is 0 Å². The molecule has 0 aromatic heterocycles. The van der Waals surface area contributed by atoms with Crippen molar-refractivity contribution in [2.24, 2.45) is 16.5 Å². The van der Waals surface area contributed by atoms with Crippen molar-refractivity contribution in [1.29, 1.82) is 5.26 Å². The molecule has 0 fully saturated rings. The average Bonchev–Trinajstić information content (AvgIpc) is 2.17. The summed E-state index contributed by atoms with van der Waals surface area (Å²) in [5.41, 5.74) is -1.65. The summed E-state index contributed by atoms with van der Waals surface area (Å²) in [6.45, 7) is 3.24. The number of nitrogens with zero attached hydrogens (tertiary/aromatic N) is 2. The predicted octanol–water partition coefficient (Wildman–Crippen LogP) is 0.553. The van der Waals surface area contributed by atoms with Crippen LogP contribution in [0.4, 0.5) is 0 Å². The Morgan fingerprint density at radius 2 is 2.21 bits per heavy atom. The van der Waals surface area contributed by atoms with Crippen LogP contribution in [0.1, 0.15) is 13.8 Å². The van der Waals surface area contributed by atoms with E-state index in [1.54, 1.807) is 19.9 Å². The van der Waals surface area contributed by atoms with E-state index in [0.29, 0.717) is 6.29 Å². The highest BCUT2D eigenvalue weighted by Crippen LogP contribution is 2.24. The normalized spacial score (nSPS) is 14.8. The first-order valence-electron chi connectivity index (χ1n) is 4.03. The van der Waals surface area contributed by atoms with E-state index < -0.39 is 17.1 Å². The Labute approximate surface area is 82.3 Å². The molecule has 0 radical (unpaired) electrons. The van der Waals surface area contributed by atoms with Gasteiger partial charge in [0, 0.05) is 0 Å². The third-order valence-electron chi connectivity index (χ3n) is 1.96. The van der Waals surface area contributed by atoms with E-state index in [1.165, 1.54) is 7.11 Å². The second kappa shape index (κ2) is 5.12. The van der Waals surface area contributed by atoms with E-state index in [4.69, 9.17) is 5.26 Å². The zero-order valence-corrected chi connectivity index (χ0v) is 8.35. The van der Waals surface area contributed by atoms with Crippen molar-refractivity contribution >= 4 is 18.3 Å². The fourth-order valence-corrected chi connectivity index (χ4v) is 0.897. The number of carbonyl (C=O) groups excluding carboxylic acids is 2. The fourth-order valence-electron chi connectivity index (χ4n) is 0.897. The average molecular weight is 196 g/mol. The molecule has 0 heterocycles. The van der Waals surface area contributed by atoms with Crippen LogP contribution in [0.2, 0.25) is 0 Å². The standard InChI is InChI=1S/C9H12N2O3/c1-7(2)9(5-10,6-12)8(13)4-11-14-3/h4,6-7H,1-3H3. The van der Waals surface area contributed by atoms with Crippen molar-refractivity contribution in [2.45, 2.75) is 13.8 Å². The zero-order valence-electron chi connectivity index (χ0n) is 8.35. The van der Waals surface area contributed by atoms with Gasteiger partial charge in [0.15, 0.2) is 5.41 Å². The van der Waals surface area contributed by atoms with Crippen LogP contribution >= 0.6 is 0 Å². The van der Waals surface area contributed by atoms with Gasteiger partial charge in [-0.3, -0.25) is 4.79 Å².